The van der Waals surface area contributed by atoms with E-state index in [0.29, 0.717) is 0 Å². The number of nitrogens with one attached hydrogen (secondary N) is 2. The lowest BCUT2D eigenvalue weighted by Crippen LogP contribution is -2.12. The van der Waals surface area contributed by atoms with E-state index in [9.17, 15) is 18.0 Å². The third kappa shape index (κ3) is 3.23. The van der Waals surface area contributed by atoms with Gasteiger partial charge in [-0.2, -0.15) is 13.2 Å². The Bertz CT molecular complexity index is 407. The fourth-order valence-electron chi connectivity index (χ4n) is 0.598. The molecule has 0 bridgehead atoms. The molecule has 8 heteroatoms. The first-order valence-electron chi connectivity index (χ1n) is 2.96. The highest BCUT2D eigenvalue weighted by atomic mass is 32.2. The van der Waals surface area contributed by atoms with Crippen LogP contribution in [-0.4, -0.2) is 15.5 Å². The maximum absolute atomic E-state index is 11.8. The number of thioether (sulfide) groups is 1. The molecule has 0 fully saturated rings. The molecule has 0 amide bonds. The van der Waals surface area contributed by atoms with Crippen LogP contribution in [0.4, 0.5) is 13.2 Å². The van der Waals surface area contributed by atoms with Crippen LogP contribution >= 0.6 is 24.0 Å². The number of aromatic amines is 2. The van der Waals surface area contributed by atoms with Crippen molar-refractivity contribution in [3.63, 3.8) is 0 Å². The Morgan fingerprint density at radius 1 is 1.46 bits per heavy atom. The summed E-state index contributed by atoms with van der Waals surface area (Å²) in [5.41, 5.74) is -5.31. The summed E-state index contributed by atoms with van der Waals surface area (Å²) in [6, 6.07) is 0. The lowest BCUT2D eigenvalue weighted by atomic mass is 10.7. The SMILES string of the molecule is O=c1[nH]c(=S)[nH]cc1SC(F)(F)F. The molecule has 3 nitrogen and oxygen atoms in total. The van der Waals surface area contributed by atoms with Crippen molar-refractivity contribution in [1.29, 1.82) is 0 Å². The highest BCUT2D eigenvalue weighted by molar-refractivity contribution is 8.00. The lowest BCUT2D eigenvalue weighted by molar-refractivity contribution is -0.0328. The van der Waals surface area contributed by atoms with Gasteiger partial charge in [-0.3, -0.25) is 9.78 Å². The molecule has 0 aliphatic heterocycles. The summed E-state index contributed by atoms with van der Waals surface area (Å²) < 4.78 is 35.4. The van der Waals surface area contributed by atoms with E-state index in [1.807, 2.05) is 4.98 Å². The average molecular weight is 228 g/mol. The zero-order valence-electron chi connectivity index (χ0n) is 5.94. The van der Waals surface area contributed by atoms with Crippen molar-refractivity contribution in [3.05, 3.63) is 21.3 Å². The van der Waals surface area contributed by atoms with E-state index in [0.717, 1.165) is 6.20 Å². The molecule has 0 saturated heterocycles. The Labute approximate surface area is 79.4 Å². The van der Waals surface area contributed by atoms with Gasteiger partial charge in [0.25, 0.3) is 5.56 Å². The molecule has 1 aromatic heterocycles. The van der Waals surface area contributed by atoms with Gasteiger partial charge in [0.15, 0.2) is 4.77 Å². The Hall–Kier alpha value is -0.760. The summed E-state index contributed by atoms with van der Waals surface area (Å²) in [6.45, 7) is 0. The number of hydrogen-bond acceptors (Lipinski definition) is 3. The fourth-order valence-corrected chi connectivity index (χ4v) is 1.26. The molecule has 0 saturated carbocycles. The van der Waals surface area contributed by atoms with Gasteiger partial charge in [0.05, 0.1) is 4.90 Å². The highest BCUT2D eigenvalue weighted by Gasteiger charge is 2.30. The molecule has 1 rings (SSSR count). The zero-order chi connectivity index (χ0) is 10.1. The largest absolute Gasteiger partial charge is 0.446 e. The lowest BCUT2D eigenvalue weighted by Gasteiger charge is -2.03. The Morgan fingerprint density at radius 3 is 2.54 bits per heavy atom. The van der Waals surface area contributed by atoms with E-state index in [4.69, 9.17) is 0 Å². The summed E-state index contributed by atoms with van der Waals surface area (Å²) >= 11 is 4.01. The fraction of sp³-hybridized carbons (Fsp3) is 0.200. The first-order chi connectivity index (χ1) is 5.88. The number of alkyl halides is 3. The molecule has 0 unspecified atom stereocenters. The van der Waals surface area contributed by atoms with Crippen LogP contribution in [0.5, 0.6) is 0 Å². The minimum absolute atomic E-state index is 0.00322. The second-order valence-corrected chi connectivity index (χ2v) is 3.50. The quantitative estimate of drug-likeness (QED) is 0.571. The molecular formula is C5H3F3N2OS2. The van der Waals surface area contributed by atoms with Crippen molar-refractivity contribution in [3.8, 4) is 0 Å². The third-order valence-corrected chi connectivity index (χ3v) is 1.99. The molecule has 1 heterocycles. The van der Waals surface area contributed by atoms with Crippen LogP contribution in [0.2, 0.25) is 0 Å². The van der Waals surface area contributed by atoms with Gasteiger partial charge in [0, 0.05) is 6.20 Å². The van der Waals surface area contributed by atoms with Crippen LogP contribution in [0, 0.1) is 4.77 Å². The molecule has 0 spiro atoms. The molecule has 2 N–H and O–H groups in total. The van der Waals surface area contributed by atoms with Crippen LogP contribution in [0.15, 0.2) is 15.9 Å². The van der Waals surface area contributed by atoms with Gasteiger partial charge in [-0.15, -0.1) is 0 Å². The Balaban J connectivity index is 3.04. The van der Waals surface area contributed by atoms with Crippen molar-refractivity contribution >= 4 is 24.0 Å². The monoisotopic (exact) mass is 228 g/mol. The van der Waals surface area contributed by atoms with Crippen LogP contribution in [-0.2, 0) is 0 Å². The van der Waals surface area contributed by atoms with Gasteiger partial charge in [-0.05, 0) is 24.0 Å². The van der Waals surface area contributed by atoms with Gasteiger partial charge in [0.1, 0.15) is 0 Å². The second kappa shape index (κ2) is 3.54. The maximum atomic E-state index is 11.8. The standard InChI is InChI=1S/C5H3F3N2OS2/c6-5(7,8)13-2-1-9-4(12)10-3(2)11/h1H,(H2,9,10,11,12). The molecule has 13 heavy (non-hydrogen) atoms. The van der Waals surface area contributed by atoms with Gasteiger partial charge in [-0.1, -0.05) is 0 Å². The van der Waals surface area contributed by atoms with E-state index in [2.05, 4.69) is 17.2 Å². The van der Waals surface area contributed by atoms with Crippen molar-refractivity contribution in [2.24, 2.45) is 0 Å². The van der Waals surface area contributed by atoms with Crippen molar-refractivity contribution in [1.82, 2.24) is 9.97 Å². The van der Waals surface area contributed by atoms with Crippen LogP contribution < -0.4 is 5.56 Å². The van der Waals surface area contributed by atoms with Gasteiger partial charge in [-0.25, -0.2) is 0 Å². The molecule has 0 radical (unpaired) electrons. The molecular weight excluding hydrogens is 225 g/mol. The van der Waals surface area contributed by atoms with E-state index in [-0.39, 0.29) is 4.77 Å². The number of halogens is 3. The van der Waals surface area contributed by atoms with Crippen molar-refractivity contribution in [2.45, 2.75) is 10.4 Å². The van der Waals surface area contributed by atoms with E-state index >= 15 is 0 Å². The summed E-state index contributed by atoms with van der Waals surface area (Å²) in [5.74, 6) is 0. The number of hydrogen-bond donors (Lipinski definition) is 2. The minimum atomic E-state index is -4.47. The summed E-state index contributed by atoms with van der Waals surface area (Å²) in [5, 5.41) is 0. The topological polar surface area (TPSA) is 48.6 Å². The second-order valence-electron chi connectivity index (χ2n) is 1.98. The summed E-state index contributed by atoms with van der Waals surface area (Å²) in [7, 11) is 0. The third-order valence-electron chi connectivity index (χ3n) is 1.01. The molecule has 1 aromatic rings. The summed E-state index contributed by atoms with van der Waals surface area (Å²) in [6.07, 6.45) is 0.930. The van der Waals surface area contributed by atoms with E-state index < -0.39 is 27.7 Å². The van der Waals surface area contributed by atoms with Gasteiger partial charge < -0.3 is 4.98 Å². The number of rotatable bonds is 1. The molecule has 0 aliphatic rings. The van der Waals surface area contributed by atoms with Gasteiger partial charge in [0.2, 0.25) is 0 Å². The Kier molecular flexibility index (Phi) is 2.81. The Morgan fingerprint density at radius 2 is 2.08 bits per heavy atom. The average Bonchev–Trinajstić information content (AvgIpc) is 1.93. The number of aromatic nitrogens is 2. The molecule has 0 aliphatic carbocycles. The maximum Gasteiger partial charge on any atom is 0.446 e. The normalized spacial score (nSPS) is 11.6. The minimum Gasteiger partial charge on any atom is -0.338 e. The van der Waals surface area contributed by atoms with Crippen LogP contribution in [0.3, 0.4) is 0 Å². The predicted molar refractivity (Wildman–Crippen MR) is 44.2 cm³/mol. The van der Waals surface area contributed by atoms with E-state index in [1.54, 1.807) is 0 Å². The van der Waals surface area contributed by atoms with E-state index in [1.165, 1.54) is 0 Å². The van der Waals surface area contributed by atoms with Gasteiger partial charge >= 0.3 is 5.51 Å². The highest BCUT2D eigenvalue weighted by Crippen LogP contribution is 2.34. The molecule has 72 valence electrons. The molecule has 0 atom stereocenters. The predicted octanol–water partition coefficient (Wildman–Crippen LogP) is 2.04. The zero-order valence-corrected chi connectivity index (χ0v) is 7.57. The molecule has 0 aromatic carbocycles. The van der Waals surface area contributed by atoms with Crippen LogP contribution in [0.1, 0.15) is 0 Å². The first-order valence-corrected chi connectivity index (χ1v) is 4.19. The smallest absolute Gasteiger partial charge is 0.338 e. The van der Waals surface area contributed by atoms with Crippen molar-refractivity contribution in [2.75, 3.05) is 0 Å². The van der Waals surface area contributed by atoms with Crippen molar-refractivity contribution < 1.29 is 13.2 Å². The number of H-pyrrole nitrogens is 2. The van der Waals surface area contributed by atoms with Crippen LogP contribution in [0.25, 0.3) is 0 Å². The summed E-state index contributed by atoms with van der Waals surface area (Å²) in [4.78, 5) is 14.7. The first kappa shape index (κ1) is 10.3.